The highest BCUT2D eigenvalue weighted by molar-refractivity contribution is 5.98. The van der Waals surface area contributed by atoms with Crippen LogP contribution >= 0.6 is 0 Å². The van der Waals surface area contributed by atoms with Crippen LogP contribution in [0.4, 0.5) is 4.79 Å². The zero-order valence-electron chi connectivity index (χ0n) is 20.1. The van der Waals surface area contributed by atoms with Gasteiger partial charge in [0, 0.05) is 49.3 Å². The molecule has 1 atom stereocenters. The van der Waals surface area contributed by atoms with Gasteiger partial charge in [-0.2, -0.15) is 0 Å². The summed E-state index contributed by atoms with van der Waals surface area (Å²) in [6, 6.07) is 18.1. The fourth-order valence-electron chi connectivity index (χ4n) is 4.78. The van der Waals surface area contributed by atoms with Crippen LogP contribution in [0.3, 0.4) is 0 Å². The number of aromatic nitrogens is 1. The predicted octanol–water partition coefficient (Wildman–Crippen LogP) is 2.80. The van der Waals surface area contributed by atoms with Crippen molar-refractivity contribution in [3.8, 4) is 0 Å². The second kappa shape index (κ2) is 10.2. The molecule has 0 saturated carbocycles. The Kier molecular flexibility index (Phi) is 6.73. The first-order valence-electron chi connectivity index (χ1n) is 12.2. The Bertz CT molecular complexity index is 1270. The zero-order valence-corrected chi connectivity index (χ0v) is 20.1. The van der Waals surface area contributed by atoms with E-state index in [1.165, 1.54) is 0 Å². The summed E-state index contributed by atoms with van der Waals surface area (Å²) in [6.07, 6.45) is 0. The van der Waals surface area contributed by atoms with E-state index in [4.69, 9.17) is 4.74 Å². The maximum absolute atomic E-state index is 13.1. The van der Waals surface area contributed by atoms with Crippen LogP contribution in [0.25, 0.3) is 10.9 Å². The summed E-state index contributed by atoms with van der Waals surface area (Å²) in [5, 5.41) is 6.69. The molecule has 9 heteroatoms. The Morgan fingerprint density at radius 2 is 1.72 bits per heavy atom. The number of ether oxygens (including phenoxy) is 1. The summed E-state index contributed by atoms with van der Waals surface area (Å²) in [4.78, 5) is 45.7. The van der Waals surface area contributed by atoms with E-state index in [-0.39, 0.29) is 18.5 Å². The molecule has 2 aliphatic rings. The van der Waals surface area contributed by atoms with Crippen molar-refractivity contribution in [1.82, 2.24) is 25.4 Å². The van der Waals surface area contributed by atoms with Gasteiger partial charge in [-0.15, -0.1) is 0 Å². The molecular weight excluding hydrogens is 458 g/mol. The van der Waals surface area contributed by atoms with E-state index in [1.807, 2.05) is 65.6 Å². The van der Waals surface area contributed by atoms with Gasteiger partial charge in [0.25, 0.3) is 5.91 Å². The molecule has 5 rings (SSSR count). The van der Waals surface area contributed by atoms with Gasteiger partial charge in [-0.25, -0.2) is 9.59 Å². The number of hydrogen-bond donors (Lipinski definition) is 3. The van der Waals surface area contributed by atoms with Crippen molar-refractivity contribution in [2.75, 3.05) is 39.3 Å². The van der Waals surface area contributed by atoms with Crippen LogP contribution in [0.5, 0.6) is 0 Å². The maximum Gasteiger partial charge on any atom is 0.338 e. The molecule has 3 amide bonds. The lowest BCUT2D eigenvalue weighted by molar-refractivity contribution is -0.139. The minimum absolute atomic E-state index is 0.0309. The Labute approximate surface area is 209 Å². The monoisotopic (exact) mass is 487 g/mol. The lowest BCUT2D eigenvalue weighted by Crippen LogP contribution is -2.52. The second-order valence-electron chi connectivity index (χ2n) is 8.89. The minimum atomic E-state index is -0.598. The van der Waals surface area contributed by atoms with Crippen LogP contribution in [0.1, 0.15) is 29.0 Å². The van der Waals surface area contributed by atoms with E-state index >= 15 is 0 Å². The van der Waals surface area contributed by atoms with Crippen molar-refractivity contribution in [2.45, 2.75) is 13.0 Å². The van der Waals surface area contributed by atoms with E-state index in [1.54, 1.807) is 6.92 Å². The van der Waals surface area contributed by atoms with Gasteiger partial charge in [0.1, 0.15) is 5.69 Å². The lowest BCUT2D eigenvalue weighted by Gasteiger charge is -2.37. The first kappa shape index (κ1) is 23.6. The fourth-order valence-corrected chi connectivity index (χ4v) is 4.78. The molecule has 3 N–H and O–H groups in total. The normalized spacial score (nSPS) is 18.6. The van der Waals surface area contributed by atoms with Crippen molar-refractivity contribution in [1.29, 1.82) is 0 Å². The number of piperazine rings is 1. The predicted molar refractivity (Wildman–Crippen MR) is 135 cm³/mol. The number of aromatic amines is 1. The van der Waals surface area contributed by atoms with Crippen LogP contribution in [-0.2, 0) is 9.53 Å². The van der Waals surface area contributed by atoms with Gasteiger partial charge in [-0.1, -0.05) is 48.5 Å². The molecule has 0 bridgehead atoms. The third-order valence-electron chi connectivity index (χ3n) is 6.58. The number of hydrogen-bond acceptors (Lipinski definition) is 5. The zero-order chi connectivity index (χ0) is 25.1. The highest BCUT2D eigenvalue weighted by Crippen LogP contribution is 2.28. The van der Waals surface area contributed by atoms with Gasteiger partial charge in [0.15, 0.2) is 0 Å². The smallest absolute Gasteiger partial charge is 0.338 e. The van der Waals surface area contributed by atoms with Gasteiger partial charge < -0.3 is 25.3 Å². The molecule has 36 heavy (non-hydrogen) atoms. The third-order valence-corrected chi connectivity index (χ3v) is 6.58. The molecule has 186 valence electrons. The van der Waals surface area contributed by atoms with Gasteiger partial charge in [0.2, 0.25) is 0 Å². The maximum atomic E-state index is 13.1. The number of urea groups is 1. The van der Waals surface area contributed by atoms with Crippen molar-refractivity contribution < 1.29 is 19.1 Å². The summed E-state index contributed by atoms with van der Waals surface area (Å²) in [7, 11) is 0. The Hall–Kier alpha value is -4.11. The number of amides is 3. The Morgan fingerprint density at radius 1 is 1.00 bits per heavy atom. The van der Waals surface area contributed by atoms with Gasteiger partial charge in [0.05, 0.1) is 18.2 Å². The number of esters is 1. The quantitative estimate of drug-likeness (QED) is 0.464. The number of H-pyrrole nitrogens is 1. The highest BCUT2D eigenvalue weighted by Gasteiger charge is 2.35. The number of rotatable bonds is 6. The molecular formula is C27H29N5O4. The summed E-state index contributed by atoms with van der Waals surface area (Å²) in [6.45, 7) is 4.69. The van der Waals surface area contributed by atoms with Crippen LogP contribution < -0.4 is 10.6 Å². The molecule has 1 fully saturated rings. The SMILES string of the molecule is CCOC(=O)C1=C(CN2CCN(C(=O)c3cc4ccccc4[nH]3)CC2)NC(=O)NC1c1ccccc1. The summed E-state index contributed by atoms with van der Waals surface area (Å²) in [5.74, 6) is -0.488. The van der Waals surface area contributed by atoms with Crippen molar-refractivity contribution in [3.05, 3.63) is 83.2 Å². The molecule has 3 heterocycles. The Balaban J connectivity index is 1.31. The Morgan fingerprint density at radius 3 is 2.44 bits per heavy atom. The largest absolute Gasteiger partial charge is 0.463 e. The average molecular weight is 488 g/mol. The van der Waals surface area contributed by atoms with Crippen LogP contribution in [0, 0.1) is 0 Å². The molecule has 1 aromatic heterocycles. The van der Waals surface area contributed by atoms with E-state index in [0.29, 0.717) is 49.7 Å². The van der Waals surface area contributed by atoms with Crippen molar-refractivity contribution in [3.63, 3.8) is 0 Å². The number of nitrogens with one attached hydrogen (secondary N) is 3. The molecule has 9 nitrogen and oxygen atoms in total. The van der Waals surface area contributed by atoms with Gasteiger partial charge in [-0.3, -0.25) is 9.69 Å². The molecule has 2 aromatic carbocycles. The van der Waals surface area contributed by atoms with Gasteiger partial charge >= 0.3 is 12.0 Å². The number of carbonyl (C=O) groups excluding carboxylic acids is 3. The van der Waals surface area contributed by atoms with Crippen LogP contribution in [0.15, 0.2) is 71.9 Å². The number of fused-ring (bicyclic) bond motifs is 1. The number of carbonyl (C=O) groups is 3. The lowest BCUT2D eigenvalue weighted by atomic mass is 9.95. The summed E-state index contributed by atoms with van der Waals surface area (Å²) >= 11 is 0. The molecule has 0 radical (unpaired) electrons. The van der Waals surface area contributed by atoms with E-state index < -0.39 is 12.0 Å². The first-order valence-corrected chi connectivity index (χ1v) is 12.2. The number of para-hydroxylation sites is 1. The highest BCUT2D eigenvalue weighted by atomic mass is 16.5. The minimum Gasteiger partial charge on any atom is -0.463 e. The molecule has 3 aromatic rings. The molecule has 0 spiro atoms. The molecule has 1 saturated heterocycles. The van der Waals surface area contributed by atoms with Crippen molar-refractivity contribution >= 4 is 28.8 Å². The topological polar surface area (TPSA) is 107 Å². The molecule has 1 unspecified atom stereocenters. The number of benzene rings is 2. The molecule has 0 aliphatic carbocycles. The van der Waals surface area contributed by atoms with Crippen LogP contribution in [0.2, 0.25) is 0 Å². The fraction of sp³-hybridized carbons (Fsp3) is 0.296. The number of nitrogens with zero attached hydrogens (tertiary/aromatic N) is 2. The first-order chi connectivity index (χ1) is 17.5. The third kappa shape index (κ3) is 4.83. The van der Waals surface area contributed by atoms with Crippen LogP contribution in [-0.4, -0.2) is 72.0 Å². The van der Waals surface area contributed by atoms with E-state index in [2.05, 4.69) is 20.5 Å². The second-order valence-corrected chi connectivity index (χ2v) is 8.89. The summed E-state index contributed by atoms with van der Waals surface area (Å²) < 4.78 is 5.35. The summed E-state index contributed by atoms with van der Waals surface area (Å²) in [5.41, 5.74) is 3.25. The van der Waals surface area contributed by atoms with Gasteiger partial charge in [-0.05, 0) is 24.6 Å². The molecule has 2 aliphatic heterocycles. The van der Waals surface area contributed by atoms with E-state index in [0.717, 1.165) is 16.5 Å². The van der Waals surface area contributed by atoms with Crippen molar-refractivity contribution in [2.24, 2.45) is 0 Å². The van der Waals surface area contributed by atoms with E-state index in [9.17, 15) is 14.4 Å². The standard InChI is InChI=1S/C27H29N5O4/c1-2-36-26(34)23-22(29-27(35)30-24(23)18-8-4-3-5-9-18)17-31-12-14-32(15-13-31)25(33)21-16-19-10-6-7-11-20(19)28-21/h3-11,16,24,28H,2,12-15,17H2,1H3,(H2,29,30,35). The average Bonchev–Trinajstić information content (AvgIpc) is 3.33.